The summed E-state index contributed by atoms with van der Waals surface area (Å²) >= 11 is 0. The SMILES string of the molecule is CCn1nc(O[C@@H]2C[C@H]3C(=O)N[C@]4(C(=O)NS(=O)(=O)C5(C)CC5)C[C@H]4/C=C\CC[C@H](C)C[C@@H](C)[C@H](NC(=O)NC(C)(C)C)C(=O)N3C2)c2ccccc2c1=O. The van der Waals surface area contributed by atoms with E-state index in [-0.39, 0.29) is 49.2 Å². The minimum atomic E-state index is -4.01. The number of hydrogen-bond acceptors (Lipinski definition) is 9. The number of ether oxygens (including phenoxy) is 1. The van der Waals surface area contributed by atoms with Crippen LogP contribution in [0.3, 0.4) is 0 Å². The fourth-order valence-electron chi connectivity index (χ4n) is 7.78. The van der Waals surface area contributed by atoms with Crippen LogP contribution in [-0.4, -0.2) is 87.4 Å². The van der Waals surface area contributed by atoms with Crippen molar-refractivity contribution in [1.29, 1.82) is 0 Å². The lowest BCUT2D eigenvalue weighted by atomic mass is 9.88. The fourth-order valence-corrected chi connectivity index (χ4v) is 9.09. The second-order valence-corrected chi connectivity index (χ2v) is 19.5. The maximum atomic E-state index is 14.8. The zero-order valence-electron chi connectivity index (χ0n) is 32.8. The average molecular weight is 782 g/mol. The first-order chi connectivity index (χ1) is 25.8. The van der Waals surface area contributed by atoms with E-state index in [2.05, 4.69) is 32.7 Å². The molecule has 0 bridgehead atoms. The van der Waals surface area contributed by atoms with Crippen molar-refractivity contribution in [3.8, 4) is 5.88 Å². The largest absolute Gasteiger partial charge is 0.471 e. The van der Waals surface area contributed by atoms with Gasteiger partial charge in [0.05, 0.1) is 22.1 Å². The molecular formula is C39H55N7O8S. The molecule has 300 valence electrons. The van der Waals surface area contributed by atoms with E-state index in [0.29, 0.717) is 36.5 Å². The van der Waals surface area contributed by atoms with Gasteiger partial charge in [0.1, 0.15) is 23.7 Å². The number of aryl methyl sites for hydroxylation is 1. The van der Waals surface area contributed by atoms with Crippen molar-refractivity contribution >= 4 is 44.5 Å². The van der Waals surface area contributed by atoms with Gasteiger partial charge in [0.2, 0.25) is 27.7 Å². The average Bonchev–Trinajstić information content (AvgIpc) is 3.99. The van der Waals surface area contributed by atoms with Crippen LogP contribution in [0.4, 0.5) is 4.79 Å². The van der Waals surface area contributed by atoms with Crippen molar-refractivity contribution < 1.29 is 32.3 Å². The molecule has 2 aromatic rings. The van der Waals surface area contributed by atoms with E-state index in [1.807, 2.05) is 39.8 Å². The molecule has 16 heteroatoms. The summed E-state index contributed by atoms with van der Waals surface area (Å²) < 4.78 is 35.3. The fraction of sp³-hybridized carbons (Fsp3) is 0.641. The highest BCUT2D eigenvalue weighted by molar-refractivity contribution is 7.91. The first-order valence-electron chi connectivity index (χ1n) is 19.4. The number of urea groups is 1. The van der Waals surface area contributed by atoms with Gasteiger partial charge >= 0.3 is 6.03 Å². The van der Waals surface area contributed by atoms with Crippen LogP contribution in [0.1, 0.15) is 93.4 Å². The van der Waals surface area contributed by atoms with E-state index < -0.39 is 73.7 Å². The molecule has 5 amide bonds. The lowest BCUT2D eigenvalue weighted by molar-refractivity contribution is -0.142. The minimum Gasteiger partial charge on any atom is -0.471 e. The van der Waals surface area contributed by atoms with E-state index in [4.69, 9.17) is 4.74 Å². The topological polar surface area (TPSA) is 198 Å². The third-order valence-corrected chi connectivity index (χ3v) is 13.6. The summed E-state index contributed by atoms with van der Waals surface area (Å²) in [5, 5.41) is 14.0. The highest BCUT2D eigenvalue weighted by atomic mass is 32.2. The number of amides is 5. The van der Waals surface area contributed by atoms with Gasteiger partial charge in [-0.2, -0.15) is 0 Å². The molecule has 15 nitrogen and oxygen atoms in total. The van der Waals surface area contributed by atoms with Crippen molar-refractivity contribution in [2.75, 3.05) is 6.54 Å². The maximum absolute atomic E-state index is 14.8. The van der Waals surface area contributed by atoms with Crippen LogP contribution in [0.25, 0.3) is 10.8 Å². The Hall–Kier alpha value is -4.47. The number of aromatic nitrogens is 2. The third kappa shape index (κ3) is 8.38. The van der Waals surface area contributed by atoms with Crippen molar-refractivity contribution in [3.63, 3.8) is 0 Å². The summed E-state index contributed by atoms with van der Waals surface area (Å²) in [6.07, 6.45) is 6.14. The molecule has 1 aromatic heterocycles. The summed E-state index contributed by atoms with van der Waals surface area (Å²) in [6.45, 7) is 13.1. The molecule has 0 radical (unpaired) electrons. The standard InChI is InChI=1S/C39H55N7O8S/c1-8-46-33(48)28-16-12-11-15-27(28)32(43-46)54-26-20-29-31(47)41-39(35(50)44-55(52,53)38(7)17-18-38)21-25(39)14-10-9-13-23(2)19-24(3)30(34(49)45(29)22-26)40-36(51)42-37(4,5)6/h10-12,14-16,23-26,29-30H,8-9,13,17-22H2,1-7H3,(H,41,47)(H,44,50)(H2,40,42,51)/b14-10-/t23-,24+,25+,26+,29-,30-,39+/m0/s1. The Morgan fingerprint density at radius 2 is 1.76 bits per heavy atom. The van der Waals surface area contributed by atoms with Gasteiger partial charge in [-0.15, -0.1) is 5.10 Å². The Morgan fingerprint density at radius 3 is 2.42 bits per heavy atom. The second kappa shape index (κ2) is 14.9. The number of sulfonamides is 1. The Kier molecular flexibility index (Phi) is 10.9. The smallest absolute Gasteiger partial charge is 0.315 e. The molecule has 6 rings (SSSR count). The summed E-state index contributed by atoms with van der Waals surface area (Å²) in [7, 11) is -4.01. The van der Waals surface area contributed by atoms with Crippen molar-refractivity contribution in [3.05, 3.63) is 46.8 Å². The Labute approximate surface area is 322 Å². The van der Waals surface area contributed by atoms with Gasteiger partial charge in [0, 0.05) is 24.4 Å². The van der Waals surface area contributed by atoms with Gasteiger partial charge in [0.15, 0.2) is 0 Å². The van der Waals surface area contributed by atoms with Gasteiger partial charge in [-0.1, -0.05) is 38.1 Å². The van der Waals surface area contributed by atoms with Crippen LogP contribution in [0.5, 0.6) is 5.88 Å². The van der Waals surface area contributed by atoms with Gasteiger partial charge in [-0.3, -0.25) is 23.9 Å². The number of rotatable bonds is 7. The first kappa shape index (κ1) is 40.2. The van der Waals surface area contributed by atoms with Crippen LogP contribution in [0.15, 0.2) is 41.2 Å². The molecule has 1 saturated heterocycles. The number of hydrogen-bond donors (Lipinski definition) is 4. The van der Waals surface area contributed by atoms with Crippen LogP contribution < -0.4 is 31.0 Å². The molecule has 7 atom stereocenters. The van der Waals surface area contributed by atoms with Crippen LogP contribution in [0.2, 0.25) is 0 Å². The number of benzene rings is 1. The maximum Gasteiger partial charge on any atom is 0.315 e. The molecule has 0 spiro atoms. The zero-order chi connectivity index (χ0) is 40.1. The van der Waals surface area contributed by atoms with E-state index in [0.717, 1.165) is 6.42 Å². The van der Waals surface area contributed by atoms with Gasteiger partial charge in [-0.05, 0) is 97.1 Å². The molecule has 0 unspecified atom stereocenters. The predicted molar refractivity (Wildman–Crippen MR) is 206 cm³/mol. The summed E-state index contributed by atoms with van der Waals surface area (Å²) in [4.78, 5) is 71.0. The molecule has 2 aliphatic carbocycles. The molecule has 3 fully saturated rings. The number of carbonyl (C=O) groups excluding carboxylic acids is 4. The van der Waals surface area contributed by atoms with Gasteiger partial charge in [-0.25, -0.2) is 17.9 Å². The van der Waals surface area contributed by atoms with Crippen LogP contribution in [0, 0.1) is 17.8 Å². The van der Waals surface area contributed by atoms with Crippen LogP contribution in [-0.2, 0) is 31.0 Å². The minimum absolute atomic E-state index is 0.000895. The molecular weight excluding hydrogens is 727 g/mol. The summed E-state index contributed by atoms with van der Waals surface area (Å²) in [5.41, 5.74) is -2.41. The predicted octanol–water partition coefficient (Wildman–Crippen LogP) is 3.12. The number of nitrogens with one attached hydrogen (secondary N) is 4. The summed E-state index contributed by atoms with van der Waals surface area (Å²) in [6, 6.07) is 4.22. The number of nitrogens with zero attached hydrogens (tertiary/aromatic N) is 3. The Bertz CT molecular complexity index is 2060. The van der Waals surface area contributed by atoms with Crippen molar-refractivity contribution in [2.45, 2.75) is 134 Å². The zero-order valence-corrected chi connectivity index (χ0v) is 33.6. The normalized spacial score (nSPS) is 30.1. The van der Waals surface area contributed by atoms with Crippen molar-refractivity contribution in [2.24, 2.45) is 17.8 Å². The number of fused-ring (bicyclic) bond motifs is 3. The van der Waals surface area contributed by atoms with E-state index >= 15 is 0 Å². The number of allylic oxidation sites excluding steroid dienone is 1. The molecule has 2 aliphatic heterocycles. The number of carbonyl (C=O) groups is 4. The highest BCUT2D eigenvalue weighted by Gasteiger charge is 2.63. The van der Waals surface area contributed by atoms with E-state index in [1.165, 1.54) is 9.58 Å². The molecule has 55 heavy (non-hydrogen) atoms. The van der Waals surface area contributed by atoms with Crippen LogP contribution >= 0.6 is 0 Å². The lowest BCUT2D eigenvalue weighted by Gasteiger charge is -2.33. The monoisotopic (exact) mass is 781 g/mol. The Morgan fingerprint density at radius 1 is 1.07 bits per heavy atom. The van der Waals surface area contributed by atoms with Gasteiger partial charge < -0.3 is 25.6 Å². The molecule has 2 saturated carbocycles. The highest BCUT2D eigenvalue weighted by Crippen LogP contribution is 2.47. The summed E-state index contributed by atoms with van der Waals surface area (Å²) in [5.74, 6) is -2.42. The molecule has 4 N–H and O–H groups in total. The van der Waals surface area contributed by atoms with Crippen molar-refractivity contribution in [1.82, 2.24) is 35.4 Å². The molecule has 1 aromatic carbocycles. The first-order valence-corrected chi connectivity index (χ1v) is 20.9. The third-order valence-electron chi connectivity index (χ3n) is 11.4. The molecule has 3 heterocycles. The lowest BCUT2D eigenvalue weighted by Crippen LogP contribution is -2.60. The quantitative estimate of drug-likeness (QED) is 0.305. The molecule has 4 aliphatic rings. The van der Waals surface area contributed by atoms with Gasteiger partial charge in [0.25, 0.3) is 11.5 Å². The van der Waals surface area contributed by atoms with E-state index in [9.17, 15) is 32.4 Å². The van der Waals surface area contributed by atoms with E-state index in [1.54, 1.807) is 38.1 Å². The second-order valence-electron chi connectivity index (χ2n) is 17.3. The Balaban J connectivity index is 1.37.